The van der Waals surface area contributed by atoms with Crippen molar-refractivity contribution in [3.63, 3.8) is 0 Å². The summed E-state index contributed by atoms with van der Waals surface area (Å²) in [7, 11) is 1.76. The predicted molar refractivity (Wildman–Crippen MR) is 80.1 cm³/mol. The van der Waals surface area contributed by atoms with Crippen molar-refractivity contribution in [3.8, 4) is 0 Å². The largest absolute Gasteiger partial charge is 0.372 e. The topological polar surface area (TPSA) is 49.8 Å². The van der Waals surface area contributed by atoms with Crippen LogP contribution in [0.25, 0.3) is 0 Å². The van der Waals surface area contributed by atoms with E-state index in [1.54, 1.807) is 25.5 Å². The SMILES string of the molecule is CNc1nc(NC(C)c2cccnc2)c(Cl)cc1Cl. The molecular weight excluding hydrogens is 283 g/mol. The summed E-state index contributed by atoms with van der Waals surface area (Å²) in [6, 6.07) is 5.60. The van der Waals surface area contributed by atoms with E-state index in [1.165, 1.54) is 0 Å². The van der Waals surface area contributed by atoms with Crippen molar-refractivity contribution in [2.75, 3.05) is 17.7 Å². The van der Waals surface area contributed by atoms with Crippen LogP contribution in [-0.2, 0) is 0 Å². The maximum atomic E-state index is 6.14. The van der Waals surface area contributed by atoms with Gasteiger partial charge in [-0.15, -0.1) is 0 Å². The normalized spacial score (nSPS) is 12.0. The van der Waals surface area contributed by atoms with Gasteiger partial charge in [0.2, 0.25) is 0 Å². The van der Waals surface area contributed by atoms with Crippen molar-refractivity contribution in [3.05, 3.63) is 46.2 Å². The molecule has 0 aliphatic rings. The Kier molecular flexibility index (Phi) is 4.45. The monoisotopic (exact) mass is 296 g/mol. The zero-order valence-electron chi connectivity index (χ0n) is 10.6. The lowest BCUT2D eigenvalue weighted by atomic mass is 10.1. The van der Waals surface area contributed by atoms with E-state index >= 15 is 0 Å². The molecule has 19 heavy (non-hydrogen) atoms. The smallest absolute Gasteiger partial charge is 0.147 e. The molecule has 4 nitrogen and oxygen atoms in total. The van der Waals surface area contributed by atoms with Gasteiger partial charge in [-0.1, -0.05) is 29.3 Å². The van der Waals surface area contributed by atoms with Gasteiger partial charge in [-0.3, -0.25) is 4.98 Å². The Morgan fingerprint density at radius 2 is 1.95 bits per heavy atom. The highest BCUT2D eigenvalue weighted by Crippen LogP contribution is 2.30. The van der Waals surface area contributed by atoms with Gasteiger partial charge in [0, 0.05) is 19.4 Å². The fourth-order valence-corrected chi connectivity index (χ4v) is 2.17. The number of pyridine rings is 2. The minimum atomic E-state index is 0.0459. The van der Waals surface area contributed by atoms with Crippen molar-refractivity contribution in [1.82, 2.24) is 9.97 Å². The van der Waals surface area contributed by atoms with Crippen molar-refractivity contribution >= 4 is 34.8 Å². The van der Waals surface area contributed by atoms with Gasteiger partial charge in [0.25, 0.3) is 0 Å². The standard InChI is InChI=1S/C13H14Cl2N4/c1-8(9-4-3-5-17-7-9)18-13-11(15)6-10(14)12(16-2)19-13/h3-8H,1-2H3,(H2,16,18,19). The van der Waals surface area contributed by atoms with Gasteiger partial charge in [0.05, 0.1) is 16.1 Å². The van der Waals surface area contributed by atoms with Gasteiger partial charge in [-0.2, -0.15) is 0 Å². The van der Waals surface area contributed by atoms with Crippen LogP contribution >= 0.6 is 23.2 Å². The number of nitrogens with one attached hydrogen (secondary N) is 2. The molecule has 1 atom stereocenters. The van der Waals surface area contributed by atoms with Crippen LogP contribution in [0.3, 0.4) is 0 Å². The number of hydrogen-bond donors (Lipinski definition) is 2. The molecule has 0 amide bonds. The third-order valence-corrected chi connectivity index (χ3v) is 3.28. The van der Waals surface area contributed by atoms with Crippen LogP contribution in [0.4, 0.5) is 11.6 Å². The number of nitrogens with zero attached hydrogens (tertiary/aromatic N) is 2. The Morgan fingerprint density at radius 1 is 1.21 bits per heavy atom. The summed E-state index contributed by atoms with van der Waals surface area (Å²) in [6.45, 7) is 2.02. The van der Waals surface area contributed by atoms with Crippen LogP contribution in [0.2, 0.25) is 10.0 Å². The first-order valence-electron chi connectivity index (χ1n) is 5.82. The van der Waals surface area contributed by atoms with Crippen LogP contribution < -0.4 is 10.6 Å². The summed E-state index contributed by atoms with van der Waals surface area (Å²) in [5, 5.41) is 7.15. The molecule has 0 aliphatic heterocycles. The Hall–Kier alpha value is -1.52. The minimum absolute atomic E-state index is 0.0459. The molecule has 0 saturated heterocycles. The highest BCUT2D eigenvalue weighted by atomic mass is 35.5. The molecular formula is C13H14Cl2N4. The average Bonchev–Trinajstić information content (AvgIpc) is 2.42. The maximum Gasteiger partial charge on any atom is 0.147 e. The first-order chi connectivity index (χ1) is 9.11. The van der Waals surface area contributed by atoms with E-state index < -0.39 is 0 Å². The molecule has 0 aliphatic carbocycles. The zero-order valence-corrected chi connectivity index (χ0v) is 12.1. The maximum absolute atomic E-state index is 6.14. The molecule has 2 aromatic heterocycles. The fourth-order valence-electron chi connectivity index (χ4n) is 1.66. The highest BCUT2D eigenvalue weighted by Gasteiger charge is 2.12. The van der Waals surface area contributed by atoms with Gasteiger partial charge >= 0.3 is 0 Å². The molecule has 2 rings (SSSR count). The molecule has 0 radical (unpaired) electrons. The predicted octanol–water partition coefficient (Wildman–Crippen LogP) is 4.00. The summed E-state index contributed by atoms with van der Waals surface area (Å²) < 4.78 is 0. The van der Waals surface area contributed by atoms with Crippen LogP contribution in [0, 0.1) is 0 Å². The van der Waals surface area contributed by atoms with Crippen LogP contribution in [-0.4, -0.2) is 17.0 Å². The first-order valence-corrected chi connectivity index (χ1v) is 6.57. The quantitative estimate of drug-likeness (QED) is 0.895. The van der Waals surface area contributed by atoms with Gasteiger partial charge in [0.1, 0.15) is 11.6 Å². The second kappa shape index (κ2) is 6.08. The second-order valence-corrected chi connectivity index (χ2v) is 4.87. The molecule has 2 heterocycles. The van der Waals surface area contributed by atoms with E-state index in [0.29, 0.717) is 21.7 Å². The van der Waals surface area contributed by atoms with Crippen LogP contribution in [0.5, 0.6) is 0 Å². The third-order valence-electron chi connectivity index (χ3n) is 2.70. The summed E-state index contributed by atoms with van der Waals surface area (Å²) in [4.78, 5) is 8.44. The molecule has 0 spiro atoms. The Balaban J connectivity index is 2.24. The van der Waals surface area contributed by atoms with Gasteiger partial charge in [-0.05, 0) is 24.6 Å². The molecule has 2 aromatic rings. The van der Waals surface area contributed by atoms with E-state index in [1.807, 2.05) is 19.1 Å². The fraction of sp³-hybridized carbons (Fsp3) is 0.231. The third kappa shape index (κ3) is 3.28. The van der Waals surface area contributed by atoms with E-state index in [9.17, 15) is 0 Å². The van der Waals surface area contributed by atoms with Crippen molar-refractivity contribution < 1.29 is 0 Å². The number of anilines is 2. The van der Waals surface area contributed by atoms with Crippen LogP contribution in [0.1, 0.15) is 18.5 Å². The lowest BCUT2D eigenvalue weighted by Gasteiger charge is -2.16. The lowest BCUT2D eigenvalue weighted by Crippen LogP contribution is -2.09. The van der Waals surface area contributed by atoms with Gasteiger partial charge < -0.3 is 10.6 Å². The lowest BCUT2D eigenvalue weighted by molar-refractivity contribution is 0.867. The van der Waals surface area contributed by atoms with E-state index in [4.69, 9.17) is 23.2 Å². The molecule has 0 saturated carbocycles. The second-order valence-electron chi connectivity index (χ2n) is 4.05. The summed E-state index contributed by atoms with van der Waals surface area (Å²) in [5.41, 5.74) is 1.06. The molecule has 0 fully saturated rings. The van der Waals surface area contributed by atoms with E-state index in [2.05, 4.69) is 20.6 Å². The molecule has 0 aromatic carbocycles. The highest BCUT2D eigenvalue weighted by molar-refractivity contribution is 6.37. The van der Waals surface area contributed by atoms with Crippen molar-refractivity contribution in [1.29, 1.82) is 0 Å². The van der Waals surface area contributed by atoms with Crippen molar-refractivity contribution in [2.24, 2.45) is 0 Å². The Morgan fingerprint density at radius 3 is 2.58 bits per heavy atom. The molecule has 100 valence electrons. The summed E-state index contributed by atoms with van der Waals surface area (Å²) in [6.07, 6.45) is 3.54. The average molecular weight is 297 g/mol. The molecule has 0 bridgehead atoms. The van der Waals surface area contributed by atoms with E-state index in [0.717, 1.165) is 5.56 Å². The van der Waals surface area contributed by atoms with E-state index in [-0.39, 0.29) is 6.04 Å². The van der Waals surface area contributed by atoms with Gasteiger partial charge in [-0.25, -0.2) is 4.98 Å². The molecule has 2 N–H and O–H groups in total. The minimum Gasteiger partial charge on any atom is -0.372 e. The number of halogens is 2. The van der Waals surface area contributed by atoms with Gasteiger partial charge in [0.15, 0.2) is 0 Å². The zero-order chi connectivity index (χ0) is 13.8. The number of aromatic nitrogens is 2. The molecule has 6 heteroatoms. The first kappa shape index (κ1) is 13.9. The van der Waals surface area contributed by atoms with Crippen LogP contribution in [0.15, 0.2) is 30.6 Å². The van der Waals surface area contributed by atoms with Crippen molar-refractivity contribution in [2.45, 2.75) is 13.0 Å². The Labute approximate surface area is 122 Å². The number of hydrogen-bond acceptors (Lipinski definition) is 4. The summed E-state index contributed by atoms with van der Waals surface area (Å²) in [5.74, 6) is 1.18. The Bertz CT molecular complexity index is 560. The summed E-state index contributed by atoms with van der Waals surface area (Å²) >= 11 is 12.1. The number of rotatable bonds is 4. The molecule has 1 unspecified atom stereocenters.